The lowest BCUT2D eigenvalue weighted by molar-refractivity contribution is 0.105. The van der Waals surface area contributed by atoms with E-state index in [0.29, 0.717) is 12.6 Å². The molecule has 0 heterocycles. The Labute approximate surface area is 86.3 Å². The van der Waals surface area contributed by atoms with Gasteiger partial charge in [-0.25, -0.2) is 0 Å². The summed E-state index contributed by atoms with van der Waals surface area (Å²) < 4.78 is 5.55. The fourth-order valence-corrected chi connectivity index (χ4v) is 1.12. The Bertz CT molecular complexity index is 256. The van der Waals surface area contributed by atoms with Gasteiger partial charge in [0.05, 0.1) is 13.2 Å². The standard InChI is InChI=1S/C12H19NO/c1-10-4-6-12(7-5-10)9-14-8-11(2)13-3/h4-7,11,13H,8-9H2,1-3H3. The fraction of sp³-hybridized carbons (Fsp3) is 0.500. The van der Waals surface area contributed by atoms with Gasteiger partial charge in [0.2, 0.25) is 0 Å². The maximum atomic E-state index is 5.55. The SMILES string of the molecule is CNC(C)COCc1ccc(C)cc1. The zero-order chi connectivity index (χ0) is 10.4. The lowest BCUT2D eigenvalue weighted by Gasteiger charge is -2.10. The van der Waals surface area contributed by atoms with E-state index in [9.17, 15) is 0 Å². The number of ether oxygens (including phenoxy) is 1. The molecule has 0 saturated carbocycles. The molecule has 0 saturated heterocycles. The van der Waals surface area contributed by atoms with E-state index in [-0.39, 0.29) is 0 Å². The van der Waals surface area contributed by atoms with Crippen LogP contribution in [0.1, 0.15) is 18.1 Å². The van der Waals surface area contributed by atoms with Crippen molar-refractivity contribution in [3.05, 3.63) is 35.4 Å². The first-order chi connectivity index (χ1) is 6.72. The van der Waals surface area contributed by atoms with Crippen LogP contribution in [0.3, 0.4) is 0 Å². The van der Waals surface area contributed by atoms with E-state index in [0.717, 1.165) is 6.61 Å². The second-order valence-electron chi connectivity index (χ2n) is 3.69. The second kappa shape index (κ2) is 5.78. The van der Waals surface area contributed by atoms with Gasteiger partial charge < -0.3 is 10.1 Å². The summed E-state index contributed by atoms with van der Waals surface area (Å²) in [4.78, 5) is 0. The minimum absolute atomic E-state index is 0.417. The Morgan fingerprint density at radius 1 is 1.29 bits per heavy atom. The fourth-order valence-electron chi connectivity index (χ4n) is 1.12. The average molecular weight is 193 g/mol. The van der Waals surface area contributed by atoms with Gasteiger partial charge in [-0.05, 0) is 26.5 Å². The van der Waals surface area contributed by atoms with E-state index in [1.165, 1.54) is 11.1 Å². The molecule has 2 heteroatoms. The average Bonchev–Trinajstić information content (AvgIpc) is 2.21. The summed E-state index contributed by atoms with van der Waals surface area (Å²) in [7, 11) is 1.94. The molecule has 78 valence electrons. The minimum Gasteiger partial charge on any atom is -0.375 e. The van der Waals surface area contributed by atoms with Crippen LogP contribution in [-0.4, -0.2) is 19.7 Å². The summed E-state index contributed by atoms with van der Waals surface area (Å²) in [5, 5.41) is 3.14. The van der Waals surface area contributed by atoms with Crippen LogP contribution in [0.4, 0.5) is 0 Å². The largest absolute Gasteiger partial charge is 0.375 e. The Morgan fingerprint density at radius 3 is 2.50 bits per heavy atom. The summed E-state index contributed by atoms with van der Waals surface area (Å²) in [5.74, 6) is 0. The molecule has 0 aliphatic carbocycles. The van der Waals surface area contributed by atoms with Crippen molar-refractivity contribution in [2.75, 3.05) is 13.7 Å². The molecule has 1 rings (SSSR count). The van der Waals surface area contributed by atoms with Gasteiger partial charge in [0.15, 0.2) is 0 Å². The molecule has 0 spiro atoms. The van der Waals surface area contributed by atoms with E-state index >= 15 is 0 Å². The van der Waals surface area contributed by atoms with Crippen LogP contribution in [0.2, 0.25) is 0 Å². The highest BCUT2D eigenvalue weighted by Crippen LogP contribution is 2.04. The number of benzene rings is 1. The first kappa shape index (κ1) is 11.2. The van der Waals surface area contributed by atoms with Crippen LogP contribution in [0.15, 0.2) is 24.3 Å². The van der Waals surface area contributed by atoms with Gasteiger partial charge in [-0.3, -0.25) is 0 Å². The highest BCUT2D eigenvalue weighted by Gasteiger charge is 1.98. The van der Waals surface area contributed by atoms with Crippen LogP contribution < -0.4 is 5.32 Å². The molecule has 14 heavy (non-hydrogen) atoms. The number of hydrogen-bond donors (Lipinski definition) is 1. The van der Waals surface area contributed by atoms with Gasteiger partial charge in [-0.2, -0.15) is 0 Å². The molecule has 1 aromatic carbocycles. The van der Waals surface area contributed by atoms with Crippen molar-refractivity contribution in [3.63, 3.8) is 0 Å². The summed E-state index contributed by atoms with van der Waals surface area (Å²) in [6, 6.07) is 8.86. The van der Waals surface area contributed by atoms with Crippen LogP contribution in [0.25, 0.3) is 0 Å². The predicted octanol–water partition coefficient (Wildman–Crippen LogP) is 2.12. The van der Waals surface area contributed by atoms with E-state index in [4.69, 9.17) is 4.74 Å². The molecular formula is C12H19NO. The number of likely N-dealkylation sites (N-methyl/N-ethyl adjacent to an activating group) is 1. The van der Waals surface area contributed by atoms with Crippen molar-refractivity contribution < 1.29 is 4.74 Å². The van der Waals surface area contributed by atoms with Crippen molar-refractivity contribution in [3.8, 4) is 0 Å². The van der Waals surface area contributed by atoms with Crippen molar-refractivity contribution in [2.24, 2.45) is 0 Å². The van der Waals surface area contributed by atoms with Crippen LogP contribution in [-0.2, 0) is 11.3 Å². The first-order valence-electron chi connectivity index (χ1n) is 5.03. The molecule has 1 N–H and O–H groups in total. The van der Waals surface area contributed by atoms with E-state index in [1.807, 2.05) is 7.05 Å². The quantitative estimate of drug-likeness (QED) is 0.773. The molecule has 0 aliphatic rings. The summed E-state index contributed by atoms with van der Waals surface area (Å²) in [5.41, 5.74) is 2.52. The molecule has 0 radical (unpaired) electrons. The van der Waals surface area contributed by atoms with Gasteiger partial charge in [0.25, 0.3) is 0 Å². The molecule has 1 aromatic rings. The topological polar surface area (TPSA) is 21.3 Å². The van der Waals surface area contributed by atoms with Crippen LogP contribution >= 0.6 is 0 Å². The molecule has 1 unspecified atom stereocenters. The summed E-state index contributed by atoms with van der Waals surface area (Å²) in [6.45, 7) is 5.65. The number of nitrogens with one attached hydrogen (secondary N) is 1. The molecule has 0 amide bonds. The van der Waals surface area contributed by atoms with Crippen molar-refractivity contribution >= 4 is 0 Å². The van der Waals surface area contributed by atoms with Gasteiger partial charge in [-0.15, -0.1) is 0 Å². The number of hydrogen-bond acceptors (Lipinski definition) is 2. The highest BCUT2D eigenvalue weighted by atomic mass is 16.5. The summed E-state index contributed by atoms with van der Waals surface area (Å²) in [6.07, 6.45) is 0. The van der Waals surface area contributed by atoms with Crippen LogP contribution in [0.5, 0.6) is 0 Å². The molecular weight excluding hydrogens is 174 g/mol. The lowest BCUT2D eigenvalue weighted by atomic mass is 10.2. The second-order valence-corrected chi connectivity index (χ2v) is 3.69. The maximum Gasteiger partial charge on any atom is 0.0717 e. The van der Waals surface area contributed by atoms with Gasteiger partial charge in [-0.1, -0.05) is 29.8 Å². The van der Waals surface area contributed by atoms with Gasteiger partial charge >= 0.3 is 0 Å². The molecule has 0 aromatic heterocycles. The zero-order valence-corrected chi connectivity index (χ0v) is 9.21. The third-order valence-electron chi connectivity index (χ3n) is 2.25. The predicted molar refractivity (Wildman–Crippen MR) is 59.4 cm³/mol. The monoisotopic (exact) mass is 193 g/mol. The molecule has 1 atom stereocenters. The van der Waals surface area contributed by atoms with Gasteiger partial charge in [0.1, 0.15) is 0 Å². The number of rotatable bonds is 5. The Morgan fingerprint density at radius 2 is 1.93 bits per heavy atom. The normalized spacial score (nSPS) is 12.8. The highest BCUT2D eigenvalue weighted by molar-refractivity contribution is 5.20. The Balaban J connectivity index is 2.28. The summed E-state index contributed by atoms with van der Waals surface area (Å²) >= 11 is 0. The molecule has 0 aliphatic heterocycles. The van der Waals surface area contributed by atoms with Gasteiger partial charge in [0, 0.05) is 6.04 Å². The maximum absolute atomic E-state index is 5.55. The third kappa shape index (κ3) is 3.90. The minimum atomic E-state index is 0.417. The van der Waals surface area contributed by atoms with Crippen molar-refractivity contribution in [2.45, 2.75) is 26.5 Å². The van der Waals surface area contributed by atoms with Crippen molar-refractivity contribution in [1.29, 1.82) is 0 Å². The Hall–Kier alpha value is -0.860. The number of aryl methyl sites for hydroxylation is 1. The molecule has 0 bridgehead atoms. The van der Waals surface area contributed by atoms with Crippen LogP contribution in [0, 0.1) is 6.92 Å². The zero-order valence-electron chi connectivity index (χ0n) is 9.21. The van der Waals surface area contributed by atoms with E-state index in [2.05, 4.69) is 43.4 Å². The third-order valence-corrected chi connectivity index (χ3v) is 2.25. The van der Waals surface area contributed by atoms with Crippen molar-refractivity contribution in [1.82, 2.24) is 5.32 Å². The van der Waals surface area contributed by atoms with E-state index < -0.39 is 0 Å². The molecule has 0 fully saturated rings. The van der Waals surface area contributed by atoms with E-state index in [1.54, 1.807) is 0 Å². The smallest absolute Gasteiger partial charge is 0.0717 e. The molecule has 2 nitrogen and oxygen atoms in total. The first-order valence-corrected chi connectivity index (χ1v) is 5.03. The Kier molecular flexibility index (Phi) is 4.63. The lowest BCUT2D eigenvalue weighted by Crippen LogP contribution is -2.26.